The first-order valence-electron chi connectivity index (χ1n) is 6.52. The van der Waals surface area contributed by atoms with Gasteiger partial charge in [0, 0.05) is 22.1 Å². The van der Waals surface area contributed by atoms with Gasteiger partial charge in [-0.05, 0) is 42.0 Å². The first-order chi connectivity index (χ1) is 10.2. The first kappa shape index (κ1) is 15.9. The van der Waals surface area contributed by atoms with Crippen LogP contribution >= 0.6 is 23.1 Å². The number of thioether (sulfide) groups is 1. The normalized spacial score (nSPS) is 10.5. The van der Waals surface area contributed by atoms with Crippen molar-refractivity contribution >= 4 is 29.0 Å². The van der Waals surface area contributed by atoms with E-state index < -0.39 is 0 Å². The number of phenolic OH excluding ortho intramolecular Hbond substituents is 1. The highest BCUT2D eigenvalue weighted by Crippen LogP contribution is 2.30. The van der Waals surface area contributed by atoms with Crippen LogP contribution in [-0.4, -0.2) is 35.0 Å². The number of nitrogens with one attached hydrogen (secondary N) is 1. The Bertz CT molecular complexity index is 581. The van der Waals surface area contributed by atoms with Crippen LogP contribution in [0, 0.1) is 0 Å². The van der Waals surface area contributed by atoms with Gasteiger partial charge in [0.15, 0.2) is 0 Å². The summed E-state index contributed by atoms with van der Waals surface area (Å²) in [6, 6.07) is 11.2. The van der Waals surface area contributed by atoms with Crippen molar-refractivity contribution in [3.63, 3.8) is 0 Å². The minimum Gasteiger partial charge on any atom is -0.508 e. The number of carbonyl (C=O) groups excluding carboxylic acids is 1. The smallest absolute Gasteiger partial charge is 0.230 e. The van der Waals surface area contributed by atoms with Gasteiger partial charge in [-0.2, -0.15) is 0 Å². The Kier molecular flexibility index (Phi) is 6.10. The fraction of sp³-hybridized carbons (Fsp3) is 0.267. The van der Waals surface area contributed by atoms with E-state index in [0.717, 1.165) is 16.2 Å². The number of phenols is 1. The molecule has 0 aliphatic heterocycles. The van der Waals surface area contributed by atoms with E-state index in [1.807, 2.05) is 12.1 Å². The highest BCUT2D eigenvalue weighted by molar-refractivity contribution is 7.99. The second-order valence-electron chi connectivity index (χ2n) is 4.38. The van der Waals surface area contributed by atoms with E-state index in [4.69, 9.17) is 5.11 Å². The number of thiophene rings is 1. The topological polar surface area (TPSA) is 69.6 Å². The minimum atomic E-state index is -0.0515. The van der Waals surface area contributed by atoms with E-state index in [1.165, 1.54) is 4.88 Å². The number of carbonyl (C=O) groups is 1. The van der Waals surface area contributed by atoms with Crippen LogP contribution in [0.25, 0.3) is 10.4 Å². The lowest BCUT2D eigenvalue weighted by atomic mass is 10.2. The molecule has 4 nitrogen and oxygen atoms in total. The second kappa shape index (κ2) is 8.07. The van der Waals surface area contributed by atoms with Gasteiger partial charge < -0.3 is 15.5 Å². The Hall–Kier alpha value is -1.50. The minimum absolute atomic E-state index is 0.0304. The highest BCUT2D eigenvalue weighted by atomic mass is 32.2. The van der Waals surface area contributed by atoms with Crippen LogP contribution in [0.15, 0.2) is 36.4 Å². The van der Waals surface area contributed by atoms with Crippen LogP contribution in [0.3, 0.4) is 0 Å². The quantitative estimate of drug-likeness (QED) is 0.732. The number of rotatable bonds is 7. The van der Waals surface area contributed by atoms with Crippen LogP contribution in [0.4, 0.5) is 0 Å². The van der Waals surface area contributed by atoms with Gasteiger partial charge in [-0.3, -0.25) is 4.79 Å². The van der Waals surface area contributed by atoms with Crippen LogP contribution in [0.5, 0.6) is 5.75 Å². The molecule has 1 amide bonds. The summed E-state index contributed by atoms with van der Waals surface area (Å²) in [4.78, 5) is 13.7. The number of hydrogen-bond acceptors (Lipinski definition) is 5. The van der Waals surface area contributed by atoms with Crippen molar-refractivity contribution in [2.45, 2.75) is 5.75 Å². The zero-order chi connectivity index (χ0) is 15.1. The molecule has 0 fully saturated rings. The molecule has 6 heteroatoms. The number of aromatic hydroxyl groups is 1. The van der Waals surface area contributed by atoms with Gasteiger partial charge in [-0.25, -0.2) is 0 Å². The predicted octanol–water partition coefficient (Wildman–Crippen LogP) is 2.46. The van der Waals surface area contributed by atoms with E-state index in [-0.39, 0.29) is 18.3 Å². The van der Waals surface area contributed by atoms with Gasteiger partial charge in [0.2, 0.25) is 5.91 Å². The van der Waals surface area contributed by atoms with Crippen molar-refractivity contribution in [1.29, 1.82) is 0 Å². The van der Waals surface area contributed by atoms with Crippen molar-refractivity contribution in [2.24, 2.45) is 0 Å². The van der Waals surface area contributed by atoms with Crippen molar-refractivity contribution < 1.29 is 15.0 Å². The summed E-state index contributed by atoms with van der Waals surface area (Å²) in [7, 11) is 0. The Morgan fingerprint density at radius 1 is 1.19 bits per heavy atom. The second-order valence-corrected chi connectivity index (χ2v) is 6.53. The zero-order valence-electron chi connectivity index (χ0n) is 11.4. The molecule has 112 valence electrons. The van der Waals surface area contributed by atoms with Crippen LogP contribution in [0.2, 0.25) is 0 Å². The molecule has 0 spiro atoms. The van der Waals surface area contributed by atoms with Gasteiger partial charge in [0.25, 0.3) is 0 Å². The molecule has 0 saturated heterocycles. The summed E-state index contributed by atoms with van der Waals surface area (Å²) in [6.45, 7) is 0.278. The van der Waals surface area contributed by atoms with E-state index in [2.05, 4.69) is 17.4 Å². The number of aliphatic hydroxyl groups is 1. The molecular formula is C15H17NO3S2. The summed E-state index contributed by atoms with van der Waals surface area (Å²) in [5.74, 6) is 1.39. The molecule has 2 aromatic rings. The van der Waals surface area contributed by atoms with Crippen molar-refractivity contribution in [3.05, 3.63) is 41.3 Å². The van der Waals surface area contributed by atoms with Crippen LogP contribution in [-0.2, 0) is 10.5 Å². The number of amides is 1. The van der Waals surface area contributed by atoms with E-state index in [0.29, 0.717) is 12.3 Å². The maximum Gasteiger partial charge on any atom is 0.230 e. The summed E-state index contributed by atoms with van der Waals surface area (Å²) in [5, 5.41) is 20.5. The molecule has 3 N–H and O–H groups in total. The van der Waals surface area contributed by atoms with Gasteiger partial charge in [-0.15, -0.1) is 23.1 Å². The van der Waals surface area contributed by atoms with Gasteiger partial charge in [-0.1, -0.05) is 0 Å². The average Bonchev–Trinajstić information content (AvgIpc) is 2.95. The third-order valence-electron chi connectivity index (χ3n) is 2.72. The Morgan fingerprint density at radius 2 is 1.95 bits per heavy atom. The molecule has 2 rings (SSSR count). The van der Waals surface area contributed by atoms with Crippen LogP contribution in [0.1, 0.15) is 4.88 Å². The molecular weight excluding hydrogens is 306 g/mol. The SMILES string of the molecule is O=C(CSCc1ccc(-c2ccc(O)cc2)s1)NCCO. The standard InChI is InChI=1S/C15H17NO3S2/c17-8-7-16-15(19)10-20-9-13-5-6-14(21-13)11-1-3-12(18)4-2-11/h1-6,17-18H,7-10H2,(H,16,19). The molecule has 0 radical (unpaired) electrons. The fourth-order valence-corrected chi connectivity index (χ4v) is 3.71. The van der Waals surface area contributed by atoms with E-state index in [9.17, 15) is 9.90 Å². The zero-order valence-corrected chi connectivity index (χ0v) is 13.0. The number of aliphatic hydroxyl groups excluding tert-OH is 1. The maximum absolute atomic E-state index is 11.4. The molecule has 0 saturated carbocycles. The molecule has 1 aromatic heterocycles. The van der Waals surface area contributed by atoms with E-state index >= 15 is 0 Å². The van der Waals surface area contributed by atoms with Gasteiger partial charge >= 0.3 is 0 Å². The van der Waals surface area contributed by atoms with Gasteiger partial charge in [0.1, 0.15) is 5.75 Å². The molecule has 1 aromatic carbocycles. The third-order valence-corrected chi connectivity index (χ3v) is 5.02. The van der Waals surface area contributed by atoms with Crippen molar-refractivity contribution in [1.82, 2.24) is 5.32 Å². The molecule has 0 atom stereocenters. The van der Waals surface area contributed by atoms with Gasteiger partial charge in [0.05, 0.1) is 12.4 Å². The molecule has 0 bridgehead atoms. The molecule has 0 unspecified atom stereocenters. The maximum atomic E-state index is 11.4. The summed E-state index contributed by atoms with van der Waals surface area (Å²) < 4.78 is 0. The van der Waals surface area contributed by atoms with Crippen molar-refractivity contribution in [3.8, 4) is 16.2 Å². The molecule has 1 heterocycles. The monoisotopic (exact) mass is 323 g/mol. The Labute approximate surface area is 131 Å². The first-order valence-corrected chi connectivity index (χ1v) is 8.49. The fourth-order valence-electron chi connectivity index (χ4n) is 1.73. The number of benzene rings is 1. The number of hydrogen-bond donors (Lipinski definition) is 3. The lowest BCUT2D eigenvalue weighted by molar-refractivity contribution is -0.118. The lowest BCUT2D eigenvalue weighted by Gasteiger charge is -2.02. The Balaban J connectivity index is 1.83. The largest absolute Gasteiger partial charge is 0.508 e. The van der Waals surface area contributed by atoms with E-state index in [1.54, 1.807) is 35.2 Å². The van der Waals surface area contributed by atoms with Crippen LogP contribution < -0.4 is 5.32 Å². The average molecular weight is 323 g/mol. The molecule has 0 aliphatic carbocycles. The predicted molar refractivity (Wildman–Crippen MR) is 87.7 cm³/mol. The Morgan fingerprint density at radius 3 is 2.67 bits per heavy atom. The lowest BCUT2D eigenvalue weighted by Crippen LogP contribution is -2.27. The molecule has 21 heavy (non-hydrogen) atoms. The molecule has 0 aliphatic rings. The summed E-state index contributed by atoms with van der Waals surface area (Å²) in [6.07, 6.45) is 0. The summed E-state index contributed by atoms with van der Waals surface area (Å²) in [5.41, 5.74) is 1.08. The third kappa shape index (κ3) is 5.08. The summed E-state index contributed by atoms with van der Waals surface area (Å²) >= 11 is 3.24. The highest BCUT2D eigenvalue weighted by Gasteiger charge is 2.05. The van der Waals surface area contributed by atoms with Crippen molar-refractivity contribution in [2.75, 3.05) is 18.9 Å².